The summed E-state index contributed by atoms with van der Waals surface area (Å²) in [6.07, 6.45) is -0.0700. The molecule has 0 saturated carbocycles. The minimum Gasteiger partial charge on any atom is -0.481 e. The molecule has 1 unspecified atom stereocenters. The molecule has 0 aromatic heterocycles. The lowest BCUT2D eigenvalue weighted by atomic mass is 10.1. The van der Waals surface area contributed by atoms with Gasteiger partial charge < -0.3 is 5.11 Å². The van der Waals surface area contributed by atoms with Crippen molar-refractivity contribution in [3.05, 3.63) is 42.5 Å². The molecule has 0 aliphatic rings. The van der Waals surface area contributed by atoms with Crippen molar-refractivity contribution in [3.8, 4) is 0 Å². The first-order chi connectivity index (χ1) is 8.16. The van der Waals surface area contributed by atoms with Crippen LogP contribution in [0, 0.1) is 0 Å². The van der Waals surface area contributed by atoms with Crippen LogP contribution in [0.5, 0.6) is 0 Å². The van der Waals surface area contributed by atoms with Crippen LogP contribution in [0.4, 0.5) is 0 Å². The van der Waals surface area contributed by atoms with Crippen molar-refractivity contribution in [1.82, 2.24) is 0 Å². The molecule has 0 heterocycles. The Morgan fingerprint density at radius 2 is 1.82 bits per heavy atom. The van der Waals surface area contributed by atoms with Crippen LogP contribution in [0.25, 0.3) is 10.8 Å². The lowest BCUT2D eigenvalue weighted by Gasteiger charge is -2.03. The maximum atomic E-state index is 11.8. The third-order valence-electron chi connectivity index (χ3n) is 2.49. The second-order valence-corrected chi connectivity index (χ2v) is 5.27. The number of rotatable bonds is 4. The highest BCUT2D eigenvalue weighted by Gasteiger charge is 2.07. The van der Waals surface area contributed by atoms with Gasteiger partial charge >= 0.3 is 5.97 Å². The molecule has 1 N–H and O–H groups in total. The van der Waals surface area contributed by atoms with Crippen molar-refractivity contribution in [3.63, 3.8) is 0 Å². The van der Waals surface area contributed by atoms with Gasteiger partial charge in [0.15, 0.2) is 0 Å². The first-order valence-electron chi connectivity index (χ1n) is 5.26. The summed E-state index contributed by atoms with van der Waals surface area (Å²) in [4.78, 5) is 11.1. The zero-order chi connectivity index (χ0) is 12.3. The maximum absolute atomic E-state index is 11.8. The van der Waals surface area contributed by atoms with Crippen molar-refractivity contribution in [2.24, 2.45) is 0 Å². The fourth-order valence-electron chi connectivity index (χ4n) is 1.61. The number of carboxylic acids is 1. The van der Waals surface area contributed by atoms with Gasteiger partial charge in [-0.05, 0) is 22.9 Å². The van der Waals surface area contributed by atoms with Crippen LogP contribution >= 0.6 is 0 Å². The van der Waals surface area contributed by atoms with Gasteiger partial charge in [-0.1, -0.05) is 30.3 Å². The molecule has 0 fully saturated rings. The normalized spacial score (nSPS) is 12.5. The van der Waals surface area contributed by atoms with E-state index in [-0.39, 0.29) is 12.2 Å². The molecular formula is C13H12O3S. The summed E-state index contributed by atoms with van der Waals surface area (Å²) in [7, 11) is -1.24. The Labute approximate surface area is 102 Å². The average Bonchev–Trinajstić information content (AvgIpc) is 2.35. The quantitative estimate of drug-likeness (QED) is 0.904. The first kappa shape index (κ1) is 11.8. The molecule has 1 atom stereocenters. The molecule has 0 amide bonds. The lowest BCUT2D eigenvalue weighted by Crippen LogP contribution is -2.04. The Hall–Kier alpha value is -1.68. The van der Waals surface area contributed by atoms with Gasteiger partial charge in [-0.3, -0.25) is 9.00 Å². The Kier molecular flexibility index (Phi) is 3.54. The monoisotopic (exact) mass is 248 g/mol. The molecule has 3 nitrogen and oxygen atoms in total. The van der Waals surface area contributed by atoms with Gasteiger partial charge in [0.2, 0.25) is 0 Å². The Morgan fingerprint density at radius 1 is 1.12 bits per heavy atom. The van der Waals surface area contributed by atoms with Crippen LogP contribution in [-0.4, -0.2) is 21.0 Å². The smallest absolute Gasteiger partial charge is 0.304 e. The van der Waals surface area contributed by atoms with E-state index in [4.69, 9.17) is 5.11 Å². The molecule has 0 saturated heterocycles. The summed E-state index contributed by atoms with van der Waals surface area (Å²) >= 11 is 0. The summed E-state index contributed by atoms with van der Waals surface area (Å²) in [5, 5.41) is 10.7. The van der Waals surface area contributed by atoms with E-state index < -0.39 is 16.8 Å². The Morgan fingerprint density at radius 3 is 2.53 bits per heavy atom. The fraction of sp³-hybridized carbons (Fsp3) is 0.154. The van der Waals surface area contributed by atoms with Crippen LogP contribution < -0.4 is 0 Å². The molecule has 0 radical (unpaired) electrons. The summed E-state index contributed by atoms with van der Waals surface area (Å²) in [6.45, 7) is 0. The highest BCUT2D eigenvalue weighted by atomic mass is 32.2. The number of carbonyl (C=O) groups is 1. The number of benzene rings is 2. The molecular weight excluding hydrogens is 236 g/mol. The SMILES string of the molecule is O=C(O)CCS(=O)c1ccc2ccccc2c1. The fourth-order valence-corrected chi connectivity index (χ4v) is 2.68. The van der Waals surface area contributed by atoms with Gasteiger partial charge in [0.1, 0.15) is 0 Å². The molecule has 0 aliphatic heterocycles. The van der Waals surface area contributed by atoms with Gasteiger partial charge in [0.05, 0.1) is 17.2 Å². The summed E-state index contributed by atoms with van der Waals surface area (Å²) in [6, 6.07) is 13.4. The van der Waals surface area contributed by atoms with Crippen LogP contribution in [0.1, 0.15) is 6.42 Å². The summed E-state index contributed by atoms with van der Waals surface area (Å²) in [5.74, 6) is -0.757. The third-order valence-corrected chi connectivity index (χ3v) is 3.84. The Balaban J connectivity index is 2.24. The van der Waals surface area contributed by atoms with E-state index in [2.05, 4.69) is 0 Å². The highest BCUT2D eigenvalue weighted by molar-refractivity contribution is 7.85. The van der Waals surface area contributed by atoms with Crippen LogP contribution in [0.15, 0.2) is 47.4 Å². The lowest BCUT2D eigenvalue weighted by molar-refractivity contribution is -0.136. The van der Waals surface area contributed by atoms with Crippen molar-refractivity contribution < 1.29 is 14.1 Å². The number of carboxylic acid groups (broad SMARTS) is 1. The predicted octanol–water partition coefficient (Wildman–Crippen LogP) is 2.42. The molecule has 2 rings (SSSR count). The number of aliphatic carboxylic acids is 1. The van der Waals surface area contributed by atoms with Gasteiger partial charge in [-0.2, -0.15) is 0 Å². The molecule has 0 spiro atoms. The molecule has 2 aromatic carbocycles. The number of fused-ring (bicyclic) bond motifs is 1. The van der Waals surface area contributed by atoms with Crippen LogP contribution in [-0.2, 0) is 15.6 Å². The second kappa shape index (κ2) is 5.10. The van der Waals surface area contributed by atoms with Crippen LogP contribution in [0.3, 0.4) is 0 Å². The Bertz CT molecular complexity index is 578. The van der Waals surface area contributed by atoms with E-state index >= 15 is 0 Å². The zero-order valence-electron chi connectivity index (χ0n) is 9.13. The minimum absolute atomic E-state index is 0.0700. The highest BCUT2D eigenvalue weighted by Crippen LogP contribution is 2.18. The number of hydrogen-bond donors (Lipinski definition) is 1. The molecule has 4 heteroatoms. The predicted molar refractivity (Wildman–Crippen MR) is 67.5 cm³/mol. The summed E-state index contributed by atoms with van der Waals surface area (Å²) < 4.78 is 11.8. The van der Waals surface area contributed by atoms with E-state index in [0.29, 0.717) is 4.90 Å². The molecule has 0 aliphatic carbocycles. The topological polar surface area (TPSA) is 54.4 Å². The van der Waals surface area contributed by atoms with E-state index in [1.807, 2.05) is 36.4 Å². The molecule has 2 aromatic rings. The van der Waals surface area contributed by atoms with E-state index in [1.54, 1.807) is 6.07 Å². The van der Waals surface area contributed by atoms with Crippen molar-refractivity contribution in [2.45, 2.75) is 11.3 Å². The largest absolute Gasteiger partial charge is 0.481 e. The van der Waals surface area contributed by atoms with E-state index in [9.17, 15) is 9.00 Å². The van der Waals surface area contributed by atoms with Gasteiger partial charge in [-0.15, -0.1) is 0 Å². The first-order valence-corrected chi connectivity index (χ1v) is 6.58. The standard InChI is InChI=1S/C13H12O3S/c14-13(15)7-8-17(16)12-6-5-10-3-1-2-4-11(10)9-12/h1-6,9H,7-8H2,(H,14,15). The third kappa shape index (κ3) is 2.91. The number of hydrogen-bond acceptors (Lipinski definition) is 2. The maximum Gasteiger partial charge on any atom is 0.304 e. The van der Waals surface area contributed by atoms with E-state index in [0.717, 1.165) is 10.8 Å². The average molecular weight is 248 g/mol. The summed E-state index contributed by atoms with van der Waals surface area (Å²) in [5.41, 5.74) is 0. The molecule has 88 valence electrons. The van der Waals surface area contributed by atoms with Gasteiger partial charge in [-0.25, -0.2) is 0 Å². The van der Waals surface area contributed by atoms with Crippen molar-refractivity contribution >= 4 is 27.5 Å². The van der Waals surface area contributed by atoms with E-state index in [1.165, 1.54) is 0 Å². The minimum atomic E-state index is -1.24. The second-order valence-electron chi connectivity index (χ2n) is 3.70. The van der Waals surface area contributed by atoms with Crippen LogP contribution in [0.2, 0.25) is 0 Å². The van der Waals surface area contributed by atoms with Gasteiger partial charge in [0, 0.05) is 10.6 Å². The molecule has 17 heavy (non-hydrogen) atoms. The van der Waals surface area contributed by atoms with Crippen molar-refractivity contribution in [2.75, 3.05) is 5.75 Å². The van der Waals surface area contributed by atoms with Crippen molar-refractivity contribution in [1.29, 1.82) is 0 Å². The molecule has 0 bridgehead atoms. The van der Waals surface area contributed by atoms with Gasteiger partial charge in [0.25, 0.3) is 0 Å². The zero-order valence-corrected chi connectivity index (χ0v) is 9.94.